The smallest absolute Gasteiger partial charge is 0.356 e. The number of imidazole rings is 1. The van der Waals surface area contributed by atoms with Crippen molar-refractivity contribution in [3.8, 4) is 11.1 Å². The molecule has 186 valence electrons. The van der Waals surface area contributed by atoms with Gasteiger partial charge in [-0.05, 0) is 42.2 Å². The van der Waals surface area contributed by atoms with Gasteiger partial charge in [0.05, 0.1) is 17.7 Å². The van der Waals surface area contributed by atoms with E-state index in [0.29, 0.717) is 18.8 Å². The summed E-state index contributed by atoms with van der Waals surface area (Å²) in [5.74, 6) is 0.476. The Morgan fingerprint density at radius 1 is 1.11 bits per heavy atom. The summed E-state index contributed by atoms with van der Waals surface area (Å²) < 4.78 is 35.9. The molecular weight excluding hydrogens is 464 g/mol. The van der Waals surface area contributed by atoms with Gasteiger partial charge in [-0.1, -0.05) is 49.7 Å². The number of aromatic nitrogens is 2. The van der Waals surface area contributed by atoms with Gasteiger partial charge in [0.15, 0.2) is 0 Å². The highest BCUT2D eigenvalue weighted by Gasteiger charge is 2.18. The van der Waals surface area contributed by atoms with Crippen LogP contribution in [-0.4, -0.2) is 55.9 Å². The molecule has 8 nitrogen and oxygen atoms in total. The van der Waals surface area contributed by atoms with Crippen LogP contribution in [0.4, 0.5) is 0 Å². The lowest BCUT2D eigenvalue weighted by atomic mass is 10.0. The van der Waals surface area contributed by atoms with Crippen molar-refractivity contribution in [2.24, 2.45) is 4.40 Å². The topological polar surface area (TPSA) is 93.9 Å². The van der Waals surface area contributed by atoms with Gasteiger partial charge in [0.2, 0.25) is 0 Å². The quantitative estimate of drug-likeness (QED) is 0.222. The molecule has 3 aromatic rings. The summed E-state index contributed by atoms with van der Waals surface area (Å²) >= 11 is 0. The SMILES string of the molecule is CCCCc1ncc(C(=O)OCC)n1Cc1ccc(-c2cccc(S(=O)(=O)N=CN(C)C)c2)cc1. The van der Waals surface area contributed by atoms with Gasteiger partial charge in [0, 0.05) is 27.1 Å². The minimum Gasteiger partial charge on any atom is -0.461 e. The molecule has 0 saturated heterocycles. The van der Waals surface area contributed by atoms with Crippen molar-refractivity contribution in [2.75, 3.05) is 20.7 Å². The van der Waals surface area contributed by atoms with E-state index in [1.165, 1.54) is 12.4 Å². The molecule has 0 aliphatic heterocycles. The standard InChI is InChI=1S/C26H32N4O4S/c1-5-7-11-25-27-17-24(26(31)34-6-2)30(25)18-20-12-14-21(15-13-20)22-9-8-10-23(16-22)35(32,33)28-19-29(3)4/h8-10,12-17,19H,5-7,11,18H2,1-4H3. The minimum atomic E-state index is -3.78. The molecular formula is C26H32N4O4S. The van der Waals surface area contributed by atoms with Crippen LogP contribution in [0.25, 0.3) is 11.1 Å². The number of unbranched alkanes of at least 4 members (excludes halogenated alkanes) is 1. The van der Waals surface area contributed by atoms with Gasteiger partial charge < -0.3 is 14.2 Å². The molecule has 0 N–H and O–H groups in total. The van der Waals surface area contributed by atoms with E-state index < -0.39 is 10.0 Å². The number of benzene rings is 2. The summed E-state index contributed by atoms with van der Waals surface area (Å²) in [5, 5.41) is 0. The van der Waals surface area contributed by atoms with Crippen LogP contribution in [0, 0.1) is 0 Å². The van der Waals surface area contributed by atoms with E-state index in [1.54, 1.807) is 44.2 Å². The van der Waals surface area contributed by atoms with Crippen molar-refractivity contribution in [3.05, 3.63) is 71.8 Å². The third-order valence-corrected chi connectivity index (χ3v) is 6.57. The molecule has 0 aliphatic carbocycles. The van der Waals surface area contributed by atoms with Crippen molar-refractivity contribution in [2.45, 2.75) is 44.6 Å². The van der Waals surface area contributed by atoms with Gasteiger partial charge in [-0.2, -0.15) is 8.42 Å². The van der Waals surface area contributed by atoms with Crippen LogP contribution in [0.15, 0.2) is 64.0 Å². The van der Waals surface area contributed by atoms with E-state index in [1.807, 2.05) is 34.9 Å². The van der Waals surface area contributed by atoms with Crippen LogP contribution in [-0.2, 0) is 27.7 Å². The minimum absolute atomic E-state index is 0.134. The Kier molecular flexibility index (Phi) is 8.81. The van der Waals surface area contributed by atoms with E-state index in [0.717, 1.165) is 41.8 Å². The molecule has 1 aromatic heterocycles. The van der Waals surface area contributed by atoms with Crippen molar-refractivity contribution in [1.29, 1.82) is 0 Å². The molecule has 3 rings (SSSR count). The Balaban J connectivity index is 1.86. The number of ether oxygens (including phenoxy) is 1. The van der Waals surface area contributed by atoms with Gasteiger partial charge >= 0.3 is 5.97 Å². The molecule has 9 heteroatoms. The number of hydrogen-bond acceptors (Lipinski definition) is 5. The van der Waals surface area contributed by atoms with Crippen molar-refractivity contribution < 1.29 is 17.9 Å². The van der Waals surface area contributed by atoms with Crippen LogP contribution in [0.2, 0.25) is 0 Å². The zero-order chi connectivity index (χ0) is 25.4. The van der Waals surface area contributed by atoms with E-state index in [-0.39, 0.29) is 10.9 Å². The van der Waals surface area contributed by atoms with Gasteiger partial charge in [-0.25, -0.2) is 9.78 Å². The number of aryl methyl sites for hydroxylation is 1. The largest absolute Gasteiger partial charge is 0.461 e. The third kappa shape index (κ3) is 6.79. The number of nitrogens with zero attached hydrogens (tertiary/aromatic N) is 4. The van der Waals surface area contributed by atoms with Gasteiger partial charge in [0.25, 0.3) is 10.0 Å². The fourth-order valence-corrected chi connectivity index (χ4v) is 4.49. The predicted molar refractivity (Wildman–Crippen MR) is 137 cm³/mol. The van der Waals surface area contributed by atoms with E-state index in [9.17, 15) is 13.2 Å². The first-order valence-electron chi connectivity index (χ1n) is 11.6. The van der Waals surface area contributed by atoms with Crippen LogP contribution < -0.4 is 0 Å². The fraction of sp³-hybridized carbons (Fsp3) is 0.346. The number of esters is 1. The molecule has 0 unspecified atom stereocenters. The molecule has 0 amide bonds. The third-order valence-electron chi connectivity index (χ3n) is 5.35. The summed E-state index contributed by atoms with van der Waals surface area (Å²) in [6.07, 6.45) is 5.65. The lowest BCUT2D eigenvalue weighted by molar-refractivity contribution is 0.0514. The van der Waals surface area contributed by atoms with Crippen LogP contribution >= 0.6 is 0 Å². The molecule has 0 atom stereocenters. The normalized spacial score (nSPS) is 11.7. The maximum Gasteiger partial charge on any atom is 0.356 e. The summed E-state index contributed by atoms with van der Waals surface area (Å²) in [5.41, 5.74) is 3.09. The number of hydrogen-bond donors (Lipinski definition) is 0. The second kappa shape index (κ2) is 11.8. The van der Waals surface area contributed by atoms with Crippen molar-refractivity contribution in [3.63, 3.8) is 0 Å². The molecule has 0 saturated carbocycles. The highest BCUT2D eigenvalue weighted by molar-refractivity contribution is 7.90. The Morgan fingerprint density at radius 2 is 1.86 bits per heavy atom. The lowest BCUT2D eigenvalue weighted by Crippen LogP contribution is -2.15. The first kappa shape index (κ1) is 26.2. The molecule has 0 radical (unpaired) electrons. The Bertz CT molecular complexity index is 1280. The Labute approximate surface area is 207 Å². The average molecular weight is 497 g/mol. The average Bonchev–Trinajstić information content (AvgIpc) is 3.24. The first-order valence-corrected chi connectivity index (χ1v) is 13.1. The molecule has 0 fully saturated rings. The lowest BCUT2D eigenvalue weighted by Gasteiger charge is -2.12. The summed E-state index contributed by atoms with van der Waals surface area (Å²) in [7, 11) is -0.362. The van der Waals surface area contributed by atoms with Crippen LogP contribution in [0.3, 0.4) is 0 Å². The van der Waals surface area contributed by atoms with E-state index in [2.05, 4.69) is 16.3 Å². The van der Waals surface area contributed by atoms with Crippen molar-refractivity contribution in [1.82, 2.24) is 14.5 Å². The van der Waals surface area contributed by atoms with Crippen LogP contribution in [0.1, 0.15) is 48.6 Å². The number of rotatable bonds is 11. The molecule has 2 aromatic carbocycles. The van der Waals surface area contributed by atoms with Gasteiger partial charge in [-0.15, -0.1) is 4.40 Å². The second-order valence-corrected chi connectivity index (χ2v) is 9.99. The number of sulfonamides is 1. The second-order valence-electron chi connectivity index (χ2n) is 8.35. The van der Waals surface area contributed by atoms with E-state index in [4.69, 9.17) is 4.74 Å². The summed E-state index contributed by atoms with van der Waals surface area (Å²) in [6, 6.07) is 14.6. The number of carbonyl (C=O) groups excluding carboxylic acids is 1. The first-order chi connectivity index (χ1) is 16.7. The van der Waals surface area contributed by atoms with Crippen molar-refractivity contribution >= 4 is 22.3 Å². The predicted octanol–water partition coefficient (Wildman–Crippen LogP) is 4.40. The van der Waals surface area contributed by atoms with E-state index >= 15 is 0 Å². The zero-order valence-electron chi connectivity index (χ0n) is 20.6. The monoisotopic (exact) mass is 496 g/mol. The summed E-state index contributed by atoms with van der Waals surface area (Å²) in [6.45, 7) is 4.69. The molecule has 35 heavy (non-hydrogen) atoms. The summed E-state index contributed by atoms with van der Waals surface area (Å²) in [4.78, 5) is 18.6. The maximum atomic E-state index is 12.5. The maximum absolute atomic E-state index is 12.5. The highest BCUT2D eigenvalue weighted by atomic mass is 32.2. The molecule has 1 heterocycles. The fourth-order valence-electron chi connectivity index (χ4n) is 3.53. The van der Waals surface area contributed by atoms with Gasteiger partial charge in [-0.3, -0.25) is 0 Å². The molecule has 0 bridgehead atoms. The Morgan fingerprint density at radius 3 is 2.51 bits per heavy atom. The van der Waals surface area contributed by atoms with Crippen LogP contribution in [0.5, 0.6) is 0 Å². The molecule has 0 spiro atoms. The highest BCUT2D eigenvalue weighted by Crippen LogP contribution is 2.24. The Hall–Kier alpha value is -3.46. The van der Waals surface area contributed by atoms with Gasteiger partial charge in [0.1, 0.15) is 17.9 Å². The number of carbonyl (C=O) groups is 1. The zero-order valence-corrected chi connectivity index (χ0v) is 21.5. The molecule has 0 aliphatic rings.